The number of ether oxygens (including phenoxy) is 2. The van der Waals surface area contributed by atoms with E-state index >= 15 is 0 Å². The second-order valence-corrected chi connectivity index (χ2v) is 5.09. The number of nitrogens with one attached hydrogen (secondary N) is 1. The van der Waals surface area contributed by atoms with E-state index in [0.29, 0.717) is 26.2 Å². The Hall–Kier alpha value is -2.49. The van der Waals surface area contributed by atoms with Crippen LogP contribution in [-0.4, -0.2) is 25.7 Å². The van der Waals surface area contributed by atoms with Crippen LogP contribution in [0.3, 0.4) is 0 Å². The molecule has 0 heterocycles. The summed E-state index contributed by atoms with van der Waals surface area (Å²) in [7, 11) is 0. The molecule has 0 atom stereocenters. The maximum atomic E-state index is 11.8. The van der Waals surface area contributed by atoms with Crippen molar-refractivity contribution in [2.75, 3.05) is 19.8 Å². The number of benzene rings is 2. The zero-order valence-electron chi connectivity index (χ0n) is 13.5. The molecule has 0 bridgehead atoms. The number of amides is 1. The first-order chi connectivity index (χ1) is 11.3. The quantitative estimate of drug-likeness (QED) is 0.723. The monoisotopic (exact) mass is 313 g/mol. The van der Waals surface area contributed by atoms with Crippen LogP contribution in [0, 0.1) is 0 Å². The molecular formula is C19H23NO3. The lowest BCUT2D eigenvalue weighted by Gasteiger charge is -2.09. The van der Waals surface area contributed by atoms with E-state index in [-0.39, 0.29) is 5.91 Å². The molecule has 1 N–H and O–H groups in total. The van der Waals surface area contributed by atoms with Crippen molar-refractivity contribution in [3.8, 4) is 11.5 Å². The third-order valence-corrected chi connectivity index (χ3v) is 3.29. The Labute approximate surface area is 137 Å². The summed E-state index contributed by atoms with van der Waals surface area (Å²) >= 11 is 0. The highest BCUT2D eigenvalue weighted by molar-refractivity contribution is 5.76. The maximum Gasteiger partial charge on any atom is 0.220 e. The summed E-state index contributed by atoms with van der Waals surface area (Å²) in [5, 5.41) is 2.87. The van der Waals surface area contributed by atoms with Crippen LogP contribution in [0.1, 0.15) is 18.9 Å². The van der Waals surface area contributed by atoms with E-state index < -0.39 is 0 Å². The molecule has 0 aliphatic rings. The van der Waals surface area contributed by atoms with Crippen molar-refractivity contribution < 1.29 is 14.3 Å². The Kier molecular flexibility index (Phi) is 6.98. The van der Waals surface area contributed by atoms with Gasteiger partial charge in [-0.1, -0.05) is 36.4 Å². The third kappa shape index (κ3) is 6.43. The molecule has 0 saturated carbocycles. The van der Waals surface area contributed by atoms with E-state index in [0.717, 1.165) is 17.9 Å². The molecule has 122 valence electrons. The van der Waals surface area contributed by atoms with Crippen molar-refractivity contribution in [1.29, 1.82) is 0 Å². The van der Waals surface area contributed by atoms with Gasteiger partial charge in [0.05, 0.1) is 13.2 Å². The summed E-state index contributed by atoms with van der Waals surface area (Å²) in [6.07, 6.45) is 1.24. The van der Waals surface area contributed by atoms with Crippen molar-refractivity contribution in [2.45, 2.75) is 19.8 Å². The SMILES string of the molecule is CCOc1cccc(OCCNC(=O)CCc2ccccc2)c1. The zero-order chi connectivity index (χ0) is 16.3. The fourth-order valence-corrected chi connectivity index (χ4v) is 2.17. The average Bonchev–Trinajstić information content (AvgIpc) is 2.58. The molecule has 0 spiro atoms. The lowest BCUT2D eigenvalue weighted by molar-refractivity contribution is -0.121. The summed E-state index contributed by atoms with van der Waals surface area (Å²) in [6.45, 7) is 3.50. The molecule has 0 radical (unpaired) electrons. The predicted octanol–water partition coefficient (Wildman–Crippen LogP) is 3.21. The molecule has 4 nitrogen and oxygen atoms in total. The van der Waals surface area contributed by atoms with Gasteiger partial charge in [0, 0.05) is 12.5 Å². The smallest absolute Gasteiger partial charge is 0.220 e. The van der Waals surface area contributed by atoms with Gasteiger partial charge in [-0.3, -0.25) is 4.79 Å². The van der Waals surface area contributed by atoms with Crippen molar-refractivity contribution >= 4 is 5.91 Å². The molecule has 4 heteroatoms. The molecule has 2 rings (SSSR count). The molecule has 0 aliphatic carbocycles. The number of hydrogen-bond acceptors (Lipinski definition) is 3. The highest BCUT2D eigenvalue weighted by Crippen LogP contribution is 2.19. The average molecular weight is 313 g/mol. The molecule has 1 amide bonds. The lowest BCUT2D eigenvalue weighted by atomic mass is 10.1. The van der Waals surface area contributed by atoms with Crippen molar-refractivity contribution in [3.05, 3.63) is 60.2 Å². The topological polar surface area (TPSA) is 47.6 Å². The predicted molar refractivity (Wildman–Crippen MR) is 90.9 cm³/mol. The summed E-state index contributed by atoms with van der Waals surface area (Å²) in [4.78, 5) is 11.8. The van der Waals surface area contributed by atoms with E-state index in [9.17, 15) is 4.79 Å². The number of carbonyl (C=O) groups is 1. The van der Waals surface area contributed by atoms with Crippen molar-refractivity contribution in [3.63, 3.8) is 0 Å². The Morgan fingerprint density at radius 3 is 2.48 bits per heavy atom. The summed E-state index contributed by atoms with van der Waals surface area (Å²) in [6, 6.07) is 17.5. The fraction of sp³-hybridized carbons (Fsp3) is 0.316. The molecule has 0 unspecified atom stereocenters. The first-order valence-electron chi connectivity index (χ1n) is 7.94. The van der Waals surface area contributed by atoms with Crippen molar-refractivity contribution in [2.24, 2.45) is 0 Å². The van der Waals surface area contributed by atoms with Crippen LogP contribution in [0.15, 0.2) is 54.6 Å². The Balaban J connectivity index is 1.63. The van der Waals surface area contributed by atoms with Gasteiger partial charge in [-0.15, -0.1) is 0 Å². The van der Waals surface area contributed by atoms with Gasteiger partial charge >= 0.3 is 0 Å². The van der Waals surface area contributed by atoms with E-state index in [1.165, 1.54) is 5.56 Å². The van der Waals surface area contributed by atoms with Crippen LogP contribution < -0.4 is 14.8 Å². The number of aryl methyl sites for hydroxylation is 1. The molecule has 23 heavy (non-hydrogen) atoms. The van der Waals surface area contributed by atoms with Crippen LogP contribution in [-0.2, 0) is 11.2 Å². The van der Waals surface area contributed by atoms with E-state index in [1.54, 1.807) is 0 Å². The molecule has 2 aromatic carbocycles. The van der Waals surface area contributed by atoms with Crippen LogP contribution in [0.2, 0.25) is 0 Å². The molecule has 0 aromatic heterocycles. The minimum atomic E-state index is 0.0421. The first kappa shape index (κ1) is 16.9. The zero-order valence-corrected chi connectivity index (χ0v) is 13.5. The fourth-order valence-electron chi connectivity index (χ4n) is 2.17. The molecule has 0 fully saturated rings. The van der Waals surface area contributed by atoms with Crippen LogP contribution in [0.25, 0.3) is 0 Å². The normalized spacial score (nSPS) is 10.1. The van der Waals surface area contributed by atoms with E-state index in [2.05, 4.69) is 5.32 Å². The van der Waals surface area contributed by atoms with Gasteiger partial charge in [0.1, 0.15) is 18.1 Å². The Morgan fingerprint density at radius 1 is 1.00 bits per heavy atom. The minimum absolute atomic E-state index is 0.0421. The van der Waals surface area contributed by atoms with Crippen molar-refractivity contribution in [1.82, 2.24) is 5.32 Å². The Morgan fingerprint density at radius 2 is 1.74 bits per heavy atom. The van der Waals surface area contributed by atoms with E-state index in [1.807, 2.05) is 61.5 Å². The number of hydrogen-bond donors (Lipinski definition) is 1. The second kappa shape index (κ2) is 9.51. The second-order valence-electron chi connectivity index (χ2n) is 5.09. The molecule has 0 saturated heterocycles. The number of carbonyl (C=O) groups excluding carboxylic acids is 1. The molecule has 2 aromatic rings. The van der Waals surface area contributed by atoms with Crippen LogP contribution in [0.5, 0.6) is 11.5 Å². The van der Waals surface area contributed by atoms with Gasteiger partial charge in [-0.05, 0) is 31.0 Å². The maximum absolute atomic E-state index is 11.8. The lowest BCUT2D eigenvalue weighted by Crippen LogP contribution is -2.28. The minimum Gasteiger partial charge on any atom is -0.494 e. The highest BCUT2D eigenvalue weighted by atomic mass is 16.5. The van der Waals surface area contributed by atoms with E-state index in [4.69, 9.17) is 9.47 Å². The standard InChI is InChI=1S/C19H23NO3/c1-2-22-17-9-6-10-18(15-17)23-14-13-20-19(21)12-11-16-7-4-3-5-8-16/h3-10,15H,2,11-14H2,1H3,(H,20,21). The first-order valence-corrected chi connectivity index (χ1v) is 7.94. The molecular weight excluding hydrogens is 290 g/mol. The number of rotatable bonds is 9. The van der Waals surface area contributed by atoms with Crippen LogP contribution in [0.4, 0.5) is 0 Å². The van der Waals surface area contributed by atoms with Gasteiger partial charge in [0.25, 0.3) is 0 Å². The highest BCUT2D eigenvalue weighted by Gasteiger charge is 2.02. The summed E-state index contributed by atoms with van der Waals surface area (Å²) < 4.78 is 11.0. The van der Waals surface area contributed by atoms with Gasteiger partial charge in [0.15, 0.2) is 0 Å². The summed E-state index contributed by atoms with van der Waals surface area (Å²) in [5.41, 5.74) is 1.17. The Bertz CT molecular complexity index is 599. The third-order valence-electron chi connectivity index (χ3n) is 3.29. The molecule has 0 aliphatic heterocycles. The van der Waals surface area contributed by atoms with Gasteiger partial charge in [-0.25, -0.2) is 0 Å². The van der Waals surface area contributed by atoms with Gasteiger partial charge < -0.3 is 14.8 Å². The summed E-state index contributed by atoms with van der Waals surface area (Å²) in [5.74, 6) is 1.58. The van der Waals surface area contributed by atoms with Gasteiger partial charge in [0.2, 0.25) is 5.91 Å². The van der Waals surface area contributed by atoms with Gasteiger partial charge in [-0.2, -0.15) is 0 Å². The van der Waals surface area contributed by atoms with Crippen LogP contribution >= 0.6 is 0 Å². The largest absolute Gasteiger partial charge is 0.494 e.